The molecule has 0 radical (unpaired) electrons. The van der Waals surface area contributed by atoms with E-state index < -0.39 is 0 Å². The number of carbonyl (C=O) groups excluding carboxylic acids is 1. The Labute approximate surface area is 167 Å². The van der Waals surface area contributed by atoms with E-state index in [1.807, 2.05) is 50.4 Å². The van der Waals surface area contributed by atoms with Crippen molar-refractivity contribution in [1.82, 2.24) is 19.5 Å². The number of nitrogens with zero attached hydrogens (tertiary/aromatic N) is 4. The third-order valence-electron chi connectivity index (χ3n) is 4.58. The second kappa shape index (κ2) is 7.16. The monoisotopic (exact) mass is 391 g/mol. The fraction of sp³-hybridized carbons (Fsp3) is 0.238. The number of aryl methyl sites for hydroxylation is 2. The minimum absolute atomic E-state index is 0.170. The highest BCUT2D eigenvalue weighted by Gasteiger charge is 2.18. The van der Waals surface area contributed by atoms with Gasteiger partial charge in [0.25, 0.3) is 5.91 Å². The number of nitrogens with one attached hydrogen (secondary N) is 1. The lowest BCUT2D eigenvalue weighted by molar-refractivity contribution is 0.103. The molecule has 0 aliphatic heterocycles. The molecular formula is C21H21N5OS. The van der Waals surface area contributed by atoms with E-state index in [1.165, 1.54) is 11.3 Å². The highest BCUT2D eigenvalue weighted by molar-refractivity contribution is 7.17. The number of hydrogen-bond acceptors (Lipinski definition) is 5. The average molecular weight is 392 g/mol. The number of pyridine rings is 1. The Bertz CT molecular complexity index is 1160. The van der Waals surface area contributed by atoms with Crippen LogP contribution in [0.15, 0.2) is 42.6 Å². The van der Waals surface area contributed by atoms with E-state index in [0.29, 0.717) is 16.5 Å². The number of benzene rings is 1. The van der Waals surface area contributed by atoms with E-state index in [9.17, 15) is 4.79 Å². The number of fused-ring (bicyclic) bond motifs is 1. The quantitative estimate of drug-likeness (QED) is 0.543. The van der Waals surface area contributed by atoms with Gasteiger partial charge in [-0.15, -0.1) is 11.3 Å². The average Bonchev–Trinajstić information content (AvgIpc) is 3.23. The summed E-state index contributed by atoms with van der Waals surface area (Å²) in [7, 11) is 2.02. The van der Waals surface area contributed by atoms with Crippen LogP contribution in [0.25, 0.3) is 21.7 Å². The molecule has 28 heavy (non-hydrogen) atoms. The predicted octanol–water partition coefficient (Wildman–Crippen LogP) is 4.78. The number of anilines is 1. The molecule has 0 spiro atoms. The summed E-state index contributed by atoms with van der Waals surface area (Å²) in [5, 5.41) is 3.72. The summed E-state index contributed by atoms with van der Waals surface area (Å²) in [4.78, 5) is 26.9. The highest BCUT2D eigenvalue weighted by Crippen LogP contribution is 2.28. The molecule has 4 rings (SSSR count). The number of thiazole rings is 1. The van der Waals surface area contributed by atoms with Crippen molar-refractivity contribution in [3.8, 4) is 10.7 Å². The zero-order valence-electron chi connectivity index (χ0n) is 16.2. The molecule has 0 saturated heterocycles. The predicted molar refractivity (Wildman–Crippen MR) is 113 cm³/mol. The van der Waals surface area contributed by atoms with Gasteiger partial charge in [-0.3, -0.25) is 9.78 Å². The summed E-state index contributed by atoms with van der Waals surface area (Å²) in [5.41, 5.74) is 4.11. The van der Waals surface area contributed by atoms with Crippen molar-refractivity contribution < 1.29 is 4.79 Å². The lowest BCUT2D eigenvalue weighted by atomic mass is 10.2. The maximum atomic E-state index is 12.8. The van der Waals surface area contributed by atoms with E-state index in [-0.39, 0.29) is 5.91 Å². The van der Waals surface area contributed by atoms with Crippen LogP contribution in [0, 0.1) is 6.92 Å². The lowest BCUT2D eigenvalue weighted by Gasteiger charge is -2.05. The molecule has 1 N–H and O–H groups in total. The molecule has 4 aromatic rings. The van der Waals surface area contributed by atoms with Crippen molar-refractivity contribution in [2.75, 3.05) is 5.32 Å². The SMILES string of the molecule is Cc1nc(-c2ccccn2)sc1C(=O)Nc1ccc2c(c1)nc(C(C)C)n2C. The highest BCUT2D eigenvalue weighted by atomic mass is 32.1. The molecule has 3 aromatic heterocycles. The van der Waals surface area contributed by atoms with Crippen molar-refractivity contribution in [2.24, 2.45) is 7.05 Å². The Morgan fingerprint density at radius 1 is 1.18 bits per heavy atom. The second-order valence-corrected chi connectivity index (χ2v) is 7.99. The van der Waals surface area contributed by atoms with Crippen LogP contribution in [0.3, 0.4) is 0 Å². The molecule has 0 aliphatic rings. The minimum atomic E-state index is -0.170. The molecule has 7 heteroatoms. The molecule has 0 aliphatic carbocycles. The van der Waals surface area contributed by atoms with Gasteiger partial charge in [-0.05, 0) is 37.3 Å². The Morgan fingerprint density at radius 3 is 2.71 bits per heavy atom. The second-order valence-electron chi connectivity index (χ2n) is 6.99. The maximum Gasteiger partial charge on any atom is 0.267 e. The number of aromatic nitrogens is 4. The summed E-state index contributed by atoms with van der Waals surface area (Å²) in [6, 6.07) is 11.5. The summed E-state index contributed by atoms with van der Waals surface area (Å²) < 4.78 is 2.10. The summed E-state index contributed by atoms with van der Waals surface area (Å²) >= 11 is 1.35. The normalized spacial score (nSPS) is 11.3. The van der Waals surface area contributed by atoms with Gasteiger partial charge in [0, 0.05) is 24.8 Å². The molecule has 0 fully saturated rings. The Kier molecular flexibility index (Phi) is 4.68. The van der Waals surface area contributed by atoms with E-state index >= 15 is 0 Å². The molecule has 1 amide bonds. The molecule has 0 bridgehead atoms. The molecular weight excluding hydrogens is 370 g/mol. The van der Waals surface area contributed by atoms with Gasteiger partial charge in [0.15, 0.2) is 0 Å². The summed E-state index contributed by atoms with van der Waals surface area (Å²) in [6.07, 6.45) is 1.72. The number of amides is 1. The van der Waals surface area contributed by atoms with Crippen LogP contribution in [-0.4, -0.2) is 25.4 Å². The van der Waals surface area contributed by atoms with Crippen molar-refractivity contribution in [1.29, 1.82) is 0 Å². The van der Waals surface area contributed by atoms with Crippen LogP contribution in [0.5, 0.6) is 0 Å². The topological polar surface area (TPSA) is 72.7 Å². The maximum absolute atomic E-state index is 12.8. The third kappa shape index (κ3) is 3.29. The minimum Gasteiger partial charge on any atom is -0.331 e. The van der Waals surface area contributed by atoms with Gasteiger partial charge in [-0.2, -0.15) is 0 Å². The Hall–Kier alpha value is -3.06. The zero-order chi connectivity index (χ0) is 19.8. The van der Waals surface area contributed by atoms with Crippen molar-refractivity contribution in [3.05, 3.63) is 59.0 Å². The fourth-order valence-electron chi connectivity index (χ4n) is 3.21. The van der Waals surface area contributed by atoms with Gasteiger partial charge < -0.3 is 9.88 Å². The van der Waals surface area contributed by atoms with E-state index in [1.54, 1.807) is 6.20 Å². The standard InChI is InChI=1S/C21H21N5OS/c1-12(2)19-25-16-11-14(8-9-17(16)26(19)4)24-20(27)18-13(3)23-21(28-18)15-7-5-6-10-22-15/h5-12H,1-4H3,(H,24,27). The van der Waals surface area contributed by atoms with Crippen LogP contribution >= 0.6 is 11.3 Å². The van der Waals surface area contributed by atoms with Crippen LogP contribution in [0.4, 0.5) is 5.69 Å². The fourth-order valence-corrected chi connectivity index (χ4v) is 4.14. The first-order valence-corrected chi connectivity index (χ1v) is 9.92. The van der Waals surface area contributed by atoms with Gasteiger partial charge in [0.1, 0.15) is 15.7 Å². The smallest absolute Gasteiger partial charge is 0.267 e. The molecule has 0 unspecified atom stereocenters. The van der Waals surface area contributed by atoms with Crippen LogP contribution in [0.2, 0.25) is 0 Å². The van der Waals surface area contributed by atoms with Gasteiger partial charge in [0.05, 0.1) is 22.4 Å². The largest absolute Gasteiger partial charge is 0.331 e. The molecule has 1 aromatic carbocycles. The van der Waals surface area contributed by atoms with Gasteiger partial charge in [-0.1, -0.05) is 19.9 Å². The first-order chi connectivity index (χ1) is 13.4. The first kappa shape index (κ1) is 18.3. The zero-order valence-corrected chi connectivity index (χ0v) is 17.0. The molecule has 0 saturated carbocycles. The summed E-state index contributed by atoms with van der Waals surface area (Å²) in [5.74, 6) is 1.19. The lowest BCUT2D eigenvalue weighted by Crippen LogP contribution is -2.11. The van der Waals surface area contributed by atoms with Gasteiger partial charge in [0.2, 0.25) is 0 Å². The van der Waals surface area contributed by atoms with Crippen molar-refractivity contribution in [2.45, 2.75) is 26.7 Å². The van der Waals surface area contributed by atoms with Crippen LogP contribution in [-0.2, 0) is 7.05 Å². The van der Waals surface area contributed by atoms with Crippen molar-refractivity contribution in [3.63, 3.8) is 0 Å². The Morgan fingerprint density at radius 2 is 2.00 bits per heavy atom. The molecule has 142 valence electrons. The number of imidazole rings is 1. The number of hydrogen-bond donors (Lipinski definition) is 1. The number of rotatable bonds is 4. The Balaban J connectivity index is 1.61. The first-order valence-electron chi connectivity index (χ1n) is 9.10. The molecule has 3 heterocycles. The van der Waals surface area contributed by atoms with Gasteiger partial charge >= 0.3 is 0 Å². The van der Waals surface area contributed by atoms with Crippen LogP contribution < -0.4 is 5.32 Å². The van der Waals surface area contributed by atoms with E-state index in [2.05, 4.69) is 33.7 Å². The molecule has 0 atom stereocenters. The summed E-state index contributed by atoms with van der Waals surface area (Å²) in [6.45, 7) is 6.08. The third-order valence-corrected chi connectivity index (χ3v) is 5.76. The van der Waals surface area contributed by atoms with Gasteiger partial charge in [-0.25, -0.2) is 9.97 Å². The van der Waals surface area contributed by atoms with E-state index in [4.69, 9.17) is 4.98 Å². The van der Waals surface area contributed by atoms with E-state index in [0.717, 1.165) is 33.2 Å². The van der Waals surface area contributed by atoms with Crippen LogP contribution in [0.1, 0.15) is 41.0 Å². The number of carbonyl (C=O) groups is 1. The molecule has 6 nitrogen and oxygen atoms in total. The van der Waals surface area contributed by atoms with Crippen molar-refractivity contribution >= 4 is 34.0 Å².